The van der Waals surface area contributed by atoms with Crippen molar-refractivity contribution in [1.82, 2.24) is 10.2 Å². The second-order valence-corrected chi connectivity index (χ2v) is 7.16. The van der Waals surface area contributed by atoms with Crippen molar-refractivity contribution < 1.29 is 23.2 Å². The van der Waals surface area contributed by atoms with Crippen molar-refractivity contribution in [3.63, 3.8) is 0 Å². The number of nitrogens with one attached hydrogen (secondary N) is 1. The molecule has 8 heteroatoms. The largest absolute Gasteiger partial charge is 0.325 e. The molecule has 1 aromatic carbocycles. The van der Waals surface area contributed by atoms with Crippen LogP contribution in [0.1, 0.15) is 27.0 Å². The molecule has 1 saturated heterocycles. The Kier molecular flexibility index (Phi) is 4.16. The van der Waals surface area contributed by atoms with E-state index in [-0.39, 0.29) is 0 Å². The van der Waals surface area contributed by atoms with Crippen LogP contribution in [0.2, 0.25) is 0 Å². The number of carbonyl (C=O) groups excluding carboxylic acids is 3. The van der Waals surface area contributed by atoms with Gasteiger partial charge in [0.25, 0.3) is 5.91 Å². The molecule has 1 N–H and O–H groups in total. The molecule has 3 amide bonds. The standard InChI is InChI=1S/C17H14F2N2O3S/c1-9-6-7-13(25-9)12(22)8-21-15(23)17(2,20-16(21)24)14-10(18)4-3-5-11(14)19/h3-7H,8H2,1-2H3,(H,20,24)/t17-/m1/s1. The Labute approximate surface area is 146 Å². The molecule has 1 aromatic heterocycles. The lowest BCUT2D eigenvalue weighted by Crippen LogP contribution is -2.43. The van der Waals surface area contributed by atoms with E-state index in [1.165, 1.54) is 24.3 Å². The molecule has 3 rings (SSSR count). The quantitative estimate of drug-likeness (QED) is 0.670. The second kappa shape index (κ2) is 6.03. The molecule has 0 aliphatic carbocycles. The molecule has 1 fully saturated rings. The molecular formula is C17H14F2N2O3S. The maximum absolute atomic E-state index is 14.1. The number of aryl methyl sites for hydroxylation is 1. The van der Waals surface area contributed by atoms with Crippen LogP contribution in [0.25, 0.3) is 0 Å². The number of hydrogen-bond donors (Lipinski definition) is 1. The Morgan fingerprint density at radius 1 is 1.20 bits per heavy atom. The molecule has 0 saturated carbocycles. The summed E-state index contributed by atoms with van der Waals surface area (Å²) < 4.78 is 28.2. The highest BCUT2D eigenvalue weighted by Gasteiger charge is 2.52. The van der Waals surface area contributed by atoms with Gasteiger partial charge in [-0.1, -0.05) is 6.07 Å². The van der Waals surface area contributed by atoms with E-state index >= 15 is 0 Å². The van der Waals surface area contributed by atoms with E-state index < -0.39 is 47.0 Å². The molecule has 1 atom stereocenters. The molecule has 1 aliphatic heterocycles. The summed E-state index contributed by atoms with van der Waals surface area (Å²) in [6.45, 7) is 2.55. The maximum atomic E-state index is 14.1. The van der Waals surface area contributed by atoms with E-state index in [0.717, 1.165) is 17.0 Å². The van der Waals surface area contributed by atoms with Crippen LogP contribution < -0.4 is 5.32 Å². The fourth-order valence-electron chi connectivity index (χ4n) is 2.79. The van der Waals surface area contributed by atoms with Crippen molar-refractivity contribution in [2.24, 2.45) is 0 Å². The van der Waals surface area contributed by atoms with Crippen molar-refractivity contribution in [1.29, 1.82) is 0 Å². The topological polar surface area (TPSA) is 66.5 Å². The van der Waals surface area contributed by atoms with Crippen molar-refractivity contribution in [3.05, 3.63) is 57.3 Å². The molecule has 0 radical (unpaired) electrons. The molecular weight excluding hydrogens is 350 g/mol. The first kappa shape index (κ1) is 17.2. The van der Waals surface area contributed by atoms with Crippen molar-refractivity contribution in [3.8, 4) is 0 Å². The molecule has 5 nitrogen and oxygen atoms in total. The first-order valence-corrected chi connectivity index (χ1v) is 8.24. The van der Waals surface area contributed by atoms with Crippen molar-refractivity contribution in [2.75, 3.05) is 6.54 Å². The summed E-state index contributed by atoms with van der Waals surface area (Å²) in [4.78, 5) is 39.1. The average Bonchev–Trinajstić information content (AvgIpc) is 3.05. The minimum Gasteiger partial charge on any atom is -0.319 e. The third-order valence-corrected chi connectivity index (χ3v) is 5.10. The predicted octanol–water partition coefficient (Wildman–Crippen LogP) is 2.98. The van der Waals surface area contributed by atoms with Crippen LogP contribution in [-0.2, 0) is 10.3 Å². The van der Waals surface area contributed by atoms with Gasteiger partial charge >= 0.3 is 6.03 Å². The zero-order valence-corrected chi connectivity index (χ0v) is 14.2. The van der Waals surface area contributed by atoms with Crippen molar-refractivity contribution in [2.45, 2.75) is 19.4 Å². The van der Waals surface area contributed by atoms with E-state index in [1.807, 2.05) is 6.92 Å². The number of nitrogens with zero attached hydrogens (tertiary/aromatic N) is 1. The number of amides is 3. The van der Waals surface area contributed by atoms with Gasteiger partial charge in [0.2, 0.25) is 0 Å². The van der Waals surface area contributed by atoms with Gasteiger partial charge in [0.15, 0.2) is 5.78 Å². The van der Waals surface area contributed by atoms with Gasteiger partial charge < -0.3 is 5.32 Å². The summed E-state index contributed by atoms with van der Waals surface area (Å²) in [6, 6.07) is 5.67. The van der Waals surface area contributed by atoms with Gasteiger partial charge in [0.05, 0.1) is 17.0 Å². The summed E-state index contributed by atoms with van der Waals surface area (Å²) >= 11 is 1.24. The minimum absolute atomic E-state index is 0.406. The SMILES string of the molecule is Cc1ccc(C(=O)CN2C(=O)N[C@](C)(c3c(F)cccc3F)C2=O)s1. The summed E-state index contributed by atoms with van der Waals surface area (Å²) in [6.07, 6.45) is 0. The summed E-state index contributed by atoms with van der Waals surface area (Å²) in [5, 5.41) is 2.30. The van der Waals surface area contributed by atoms with Gasteiger partial charge in [-0.25, -0.2) is 13.6 Å². The van der Waals surface area contributed by atoms with Crippen LogP contribution in [0.15, 0.2) is 30.3 Å². The van der Waals surface area contributed by atoms with Crippen LogP contribution in [-0.4, -0.2) is 29.2 Å². The van der Waals surface area contributed by atoms with Gasteiger partial charge in [0, 0.05) is 4.88 Å². The number of ketones is 1. The fourth-order valence-corrected chi connectivity index (χ4v) is 3.59. The number of carbonyl (C=O) groups is 3. The molecule has 25 heavy (non-hydrogen) atoms. The highest BCUT2D eigenvalue weighted by Crippen LogP contribution is 2.32. The lowest BCUT2D eigenvalue weighted by Gasteiger charge is -2.23. The fraction of sp³-hybridized carbons (Fsp3) is 0.235. The normalized spacial score (nSPS) is 20.1. The first-order valence-electron chi connectivity index (χ1n) is 7.42. The Bertz CT molecular complexity index is 876. The lowest BCUT2D eigenvalue weighted by atomic mass is 9.91. The van der Waals surface area contributed by atoms with E-state index in [9.17, 15) is 23.2 Å². The second-order valence-electron chi connectivity index (χ2n) is 5.88. The molecule has 1 aliphatic rings. The van der Waals surface area contributed by atoms with E-state index in [2.05, 4.69) is 5.32 Å². The Hall–Kier alpha value is -2.61. The zero-order chi connectivity index (χ0) is 18.4. The molecule has 2 heterocycles. The third kappa shape index (κ3) is 2.82. The molecule has 0 unspecified atom stereocenters. The average molecular weight is 364 g/mol. The smallest absolute Gasteiger partial charge is 0.319 e. The van der Waals surface area contributed by atoms with Gasteiger partial charge in [-0.3, -0.25) is 14.5 Å². The number of rotatable bonds is 4. The predicted molar refractivity (Wildman–Crippen MR) is 87.3 cm³/mol. The molecule has 0 bridgehead atoms. The summed E-state index contributed by atoms with van der Waals surface area (Å²) in [5.41, 5.74) is -2.45. The number of thiophene rings is 1. The van der Waals surface area contributed by atoms with Crippen LogP contribution in [0.3, 0.4) is 0 Å². The van der Waals surface area contributed by atoms with Crippen LogP contribution in [0.5, 0.6) is 0 Å². The summed E-state index contributed by atoms with van der Waals surface area (Å²) in [5.74, 6) is -3.18. The van der Waals surface area contributed by atoms with E-state index in [4.69, 9.17) is 0 Å². The van der Waals surface area contributed by atoms with Gasteiger partial charge in [-0.2, -0.15) is 0 Å². The molecule has 130 valence electrons. The Morgan fingerprint density at radius 2 is 1.84 bits per heavy atom. The molecule has 2 aromatic rings. The molecule has 0 spiro atoms. The van der Waals surface area contributed by atoms with E-state index in [1.54, 1.807) is 12.1 Å². The minimum atomic E-state index is -1.90. The van der Waals surface area contributed by atoms with Crippen LogP contribution >= 0.6 is 11.3 Å². The monoisotopic (exact) mass is 364 g/mol. The number of urea groups is 1. The Balaban J connectivity index is 1.91. The van der Waals surface area contributed by atoms with Gasteiger partial charge in [-0.15, -0.1) is 11.3 Å². The Morgan fingerprint density at radius 3 is 2.40 bits per heavy atom. The first-order chi connectivity index (χ1) is 11.7. The van der Waals surface area contributed by atoms with Crippen molar-refractivity contribution >= 4 is 29.1 Å². The van der Waals surface area contributed by atoms with Gasteiger partial charge in [-0.05, 0) is 38.1 Å². The van der Waals surface area contributed by atoms with E-state index in [0.29, 0.717) is 9.78 Å². The maximum Gasteiger partial charge on any atom is 0.325 e. The van der Waals surface area contributed by atoms with Crippen LogP contribution in [0, 0.1) is 18.6 Å². The zero-order valence-electron chi connectivity index (χ0n) is 13.4. The highest BCUT2D eigenvalue weighted by molar-refractivity contribution is 7.14. The number of hydrogen-bond acceptors (Lipinski definition) is 4. The highest BCUT2D eigenvalue weighted by atomic mass is 32.1. The van der Waals surface area contributed by atoms with Gasteiger partial charge in [0.1, 0.15) is 17.2 Å². The third-order valence-electron chi connectivity index (χ3n) is 4.05. The van der Waals surface area contributed by atoms with Crippen LogP contribution in [0.4, 0.5) is 13.6 Å². The lowest BCUT2D eigenvalue weighted by molar-refractivity contribution is -0.130. The summed E-state index contributed by atoms with van der Waals surface area (Å²) in [7, 11) is 0. The number of Topliss-reactive ketones (excluding diaryl/α,β-unsaturated/α-hetero) is 1. The number of benzene rings is 1. The number of imide groups is 1. The number of halogens is 2.